The molecule has 0 aliphatic heterocycles. The van der Waals surface area contributed by atoms with Crippen LogP contribution < -0.4 is 0 Å². The summed E-state index contributed by atoms with van der Waals surface area (Å²) in [6.07, 6.45) is 4.15. The van der Waals surface area contributed by atoms with E-state index in [1.54, 1.807) is 0 Å². The number of nitrogens with one attached hydrogen (secondary N) is 1. The number of fused-ring (bicyclic) bond motifs is 2. The van der Waals surface area contributed by atoms with Crippen molar-refractivity contribution in [3.63, 3.8) is 0 Å². The zero-order valence-electron chi connectivity index (χ0n) is 14.8. The lowest BCUT2D eigenvalue weighted by atomic mass is 9.97. The molecule has 5 rings (SSSR count). The Balaban J connectivity index is 1.56. The molecule has 5 aromatic rings. The van der Waals surface area contributed by atoms with Crippen molar-refractivity contribution in [3.8, 4) is 11.1 Å². The molecule has 1 N–H and O–H groups in total. The maximum Gasteiger partial charge on any atom is 0.0927 e. The van der Waals surface area contributed by atoms with E-state index in [0.717, 1.165) is 16.6 Å². The Bertz CT molecular complexity index is 1260. The number of hydrogen-bond donors (Lipinski definition) is 1. The highest BCUT2D eigenvalue weighted by atomic mass is 15.1. The van der Waals surface area contributed by atoms with Crippen LogP contribution in [-0.4, -0.2) is 10.2 Å². The second-order valence-corrected chi connectivity index (χ2v) is 6.64. The molecule has 0 aliphatic rings. The van der Waals surface area contributed by atoms with Crippen molar-refractivity contribution in [2.45, 2.75) is 0 Å². The van der Waals surface area contributed by atoms with Gasteiger partial charge in [-0.05, 0) is 45.7 Å². The lowest BCUT2D eigenvalue weighted by Crippen LogP contribution is -1.81. The summed E-state index contributed by atoms with van der Waals surface area (Å²) < 4.78 is 0. The molecule has 0 radical (unpaired) electrons. The molecule has 128 valence electrons. The van der Waals surface area contributed by atoms with Crippen molar-refractivity contribution in [1.29, 1.82) is 0 Å². The summed E-state index contributed by atoms with van der Waals surface area (Å²) in [5.41, 5.74) is 5.61. The van der Waals surface area contributed by atoms with Gasteiger partial charge < -0.3 is 0 Å². The van der Waals surface area contributed by atoms with Crippen LogP contribution in [0.2, 0.25) is 0 Å². The van der Waals surface area contributed by atoms with E-state index >= 15 is 0 Å². The zero-order valence-corrected chi connectivity index (χ0v) is 14.8. The van der Waals surface area contributed by atoms with E-state index in [4.69, 9.17) is 0 Å². The van der Waals surface area contributed by atoms with E-state index in [0.29, 0.717) is 0 Å². The summed E-state index contributed by atoms with van der Waals surface area (Å²) in [7, 11) is 0. The van der Waals surface area contributed by atoms with E-state index in [-0.39, 0.29) is 0 Å². The quantitative estimate of drug-likeness (QED) is 0.394. The van der Waals surface area contributed by atoms with Crippen molar-refractivity contribution in [2.24, 2.45) is 0 Å². The molecule has 0 saturated carbocycles. The average Bonchev–Trinajstić information content (AvgIpc) is 3.15. The van der Waals surface area contributed by atoms with Crippen LogP contribution in [0.4, 0.5) is 0 Å². The third-order valence-corrected chi connectivity index (χ3v) is 4.93. The highest BCUT2D eigenvalue weighted by Gasteiger charge is 2.07. The van der Waals surface area contributed by atoms with Gasteiger partial charge in [-0.1, -0.05) is 84.9 Å². The second kappa shape index (κ2) is 6.58. The minimum atomic E-state index is 0.957. The van der Waals surface area contributed by atoms with Gasteiger partial charge in [0.2, 0.25) is 0 Å². The minimum Gasteiger partial charge on any atom is -0.277 e. The normalized spacial score (nSPS) is 11.6. The fourth-order valence-electron chi connectivity index (χ4n) is 3.55. The predicted molar refractivity (Wildman–Crippen MR) is 114 cm³/mol. The Hall–Kier alpha value is -3.65. The summed E-state index contributed by atoms with van der Waals surface area (Å²) in [6.45, 7) is 0. The van der Waals surface area contributed by atoms with Crippen LogP contribution in [0.15, 0.2) is 91.0 Å². The molecular weight excluding hydrogens is 328 g/mol. The number of aromatic amines is 1. The molecule has 2 heteroatoms. The van der Waals surface area contributed by atoms with Gasteiger partial charge in [-0.2, -0.15) is 5.10 Å². The Morgan fingerprint density at radius 3 is 2.41 bits per heavy atom. The summed E-state index contributed by atoms with van der Waals surface area (Å²) in [6, 6.07) is 31.7. The van der Waals surface area contributed by atoms with Crippen LogP contribution in [0.25, 0.3) is 45.0 Å². The number of nitrogens with zero attached hydrogens (tertiary/aromatic N) is 1. The molecule has 0 bridgehead atoms. The molecule has 0 fully saturated rings. The van der Waals surface area contributed by atoms with Crippen LogP contribution in [0.1, 0.15) is 11.3 Å². The molecule has 0 amide bonds. The molecule has 0 spiro atoms. The first-order valence-corrected chi connectivity index (χ1v) is 9.08. The van der Waals surface area contributed by atoms with Gasteiger partial charge in [0.25, 0.3) is 0 Å². The Kier molecular flexibility index (Phi) is 3.80. The highest BCUT2D eigenvalue weighted by Crippen LogP contribution is 2.31. The van der Waals surface area contributed by atoms with Gasteiger partial charge in [0.15, 0.2) is 0 Å². The van der Waals surface area contributed by atoms with E-state index in [2.05, 4.69) is 95.1 Å². The fraction of sp³-hybridized carbons (Fsp3) is 0. The van der Waals surface area contributed by atoms with Crippen molar-refractivity contribution in [2.75, 3.05) is 0 Å². The molecular formula is C25H18N2. The smallest absolute Gasteiger partial charge is 0.0927 e. The van der Waals surface area contributed by atoms with Crippen LogP contribution in [0.3, 0.4) is 0 Å². The lowest BCUT2D eigenvalue weighted by molar-refractivity contribution is 1.11. The number of rotatable bonds is 3. The summed E-state index contributed by atoms with van der Waals surface area (Å²) in [5, 5.41) is 11.3. The van der Waals surface area contributed by atoms with Gasteiger partial charge in [0.1, 0.15) is 0 Å². The maximum atomic E-state index is 4.50. The van der Waals surface area contributed by atoms with Crippen molar-refractivity contribution in [3.05, 3.63) is 102 Å². The van der Waals surface area contributed by atoms with Crippen LogP contribution in [0, 0.1) is 0 Å². The maximum absolute atomic E-state index is 4.50. The van der Waals surface area contributed by atoms with Crippen LogP contribution >= 0.6 is 0 Å². The number of aromatic nitrogens is 2. The van der Waals surface area contributed by atoms with E-state index in [1.165, 1.54) is 27.5 Å². The van der Waals surface area contributed by atoms with Gasteiger partial charge in [0, 0.05) is 5.39 Å². The summed E-state index contributed by atoms with van der Waals surface area (Å²) in [5.74, 6) is 0. The van der Waals surface area contributed by atoms with Crippen molar-refractivity contribution < 1.29 is 0 Å². The molecule has 0 unspecified atom stereocenters. The average molecular weight is 346 g/mol. The van der Waals surface area contributed by atoms with E-state index in [9.17, 15) is 0 Å². The van der Waals surface area contributed by atoms with Crippen LogP contribution in [-0.2, 0) is 0 Å². The highest BCUT2D eigenvalue weighted by molar-refractivity contribution is 5.99. The van der Waals surface area contributed by atoms with Crippen LogP contribution in [0.5, 0.6) is 0 Å². The summed E-state index contributed by atoms with van der Waals surface area (Å²) in [4.78, 5) is 0. The zero-order chi connectivity index (χ0) is 18.1. The SMILES string of the molecule is C(=Cc1n[nH]c2cc(-c3cccc4ccccc34)ccc12)c1ccccc1. The van der Waals surface area contributed by atoms with E-state index in [1.807, 2.05) is 18.2 Å². The monoisotopic (exact) mass is 346 g/mol. The fourth-order valence-corrected chi connectivity index (χ4v) is 3.55. The number of H-pyrrole nitrogens is 1. The summed E-state index contributed by atoms with van der Waals surface area (Å²) >= 11 is 0. The van der Waals surface area contributed by atoms with Crippen molar-refractivity contribution in [1.82, 2.24) is 10.2 Å². The molecule has 0 atom stereocenters. The lowest BCUT2D eigenvalue weighted by Gasteiger charge is -2.07. The molecule has 4 aromatic carbocycles. The molecule has 0 saturated heterocycles. The standard InChI is InChI=1S/C25H18N2/c1-2-7-18(8-3-1)13-16-24-23-15-14-20(17-25(23)27-26-24)22-12-6-10-19-9-4-5-11-21(19)22/h1-17H,(H,26,27). The van der Waals surface area contributed by atoms with Gasteiger partial charge in [0.05, 0.1) is 11.2 Å². The minimum absolute atomic E-state index is 0.957. The molecule has 1 aromatic heterocycles. The molecule has 0 aliphatic carbocycles. The predicted octanol–water partition coefficient (Wildman–Crippen LogP) is 6.55. The third-order valence-electron chi connectivity index (χ3n) is 4.93. The first-order chi connectivity index (χ1) is 13.4. The van der Waals surface area contributed by atoms with Gasteiger partial charge in [-0.25, -0.2) is 0 Å². The molecule has 2 nitrogen and oxygen atoms in total. The first-order valence-electron chi connectivity index (χ1n) is 9.08. The molecule has 27 heavy (non-hydrogen) atoms. The van der Waals surface area contributed by atoms with Gasteiger partial charge >= 0.3 is 0 Å². The first kappa shape index (κ1) is 15.6. The largest absolute Gasteiger partial charge is 0.277 e. The Labute approximate surface area is 157 Å². The van der Waals surface area contributed by atoms with Gasteiger partial charge in [-0.3, -0.25) is 5.10 Å². The Morgan fingerprint density at radius 2 is 1.48 bits per heavy atom. The number of benzene rings is 4. The van der Waals surface area contributed by atoms with Gasteiger partial charge in [-0.15, -0.1) is 0 Å². The topological polar surface area (TPSA) is 28.7 Å². The number of hydrogen-bond acceptors (Lipinski definition) is 1. The van der Waals surface area contributed by atoms with E-state index < -0.39 is 0 Å². The molecule has 1 heterocycles. The Morgan fingerprint density at radius 1 is 0.667 bits per heavy atom. The second-order valence-electron chi connectivity index (χ2n) is 6.64. The van der Waals surface area contributed by atoms with Crippen molar-refractivity contribution >= 4 is 33.8 Å². The third kappa shape index (κ3) is 2.91.